The maximum absolute atomic E-state index is 11.1. The van der Waals surface area contributed by atoms with Gasteiger partial charge in [-0.25, -0.2) is 0 Å². The van der Waals surface area contributed by atoms with E-state index in [1.54, 1.807) is 0 Å². The lowest BCUT2D eigenvalue weighted by molar-refractivity contribution is -0.114. The minimum atomic E-state index is -0.0579. The van der Waals surface area contributed by atoms with Crippen molar-refractivity contribution in [1.29, 1.82) is 0 Å². The zero-order valence-electron chi connectivity index (χ0n) is 15.4. The molecule has 1 amide bonds. The Hall–Kier alpha value is -2.92. The highest BCUT2D eigenvalue weighted by atomic mass is 16.1. The summed E-state index contributed by atoms with van der Waals surface area (Å²) in [6.07, 6.45) is 3.90. The standard InChI is InChI=1S/C21H24N4O/c1-15(18-7-9-21(10-8-18)24-16(2)26)22-12-17-5-4-6-19(11-17)20-13-23-25(3)14-20/h4-11,13-15,22H,12H2,1-3H3,(H,24,26)/t15-/m0/s1. The number of benzene rings is 2. The number of rotatable bonds is 6. The molecule has 2 aromatic carbocycles. The summed E-state index contributed by atoms with van der Waals surface area (Å²) in [6.45, 7) is 4.43. The Morgan fingerprint density at radius 2 is 1.92 bits per heavy atom. The average Bonchev–Trinajstić information content (AvgIpc) is 3.06. The molecule has 0 fully saturated rings. The van der Waals surface area contributed by atoms with Gasteiger partial charge < -0.3 is 10.6 Å². The Kier molecular flexibility index (Phi) is 5.49. The van der Waals surface area contributed by atoms with Gasteiger partial charge in [-0.3, -0.25) is 9.48 Å². The number of aryl methyl sites for hydroxylation is 1. The minimum absolute atomic E-state index is 0.0579. The molecule has 0 spiro atoms. The van der Waals surface area contributed by atoms with Gasteiger partial charge in [-0.1, -0.05) is 30.3 Å². The van der Waals surface area contributed by atoms with E-state index in [4.69, 9.17) is 0 Å². The molecule has 2 N–H and O–H groups in total. The fourth-order valence-electron chi connectivity index (χ4n) is 2.88. The van der Waals surface area contributed by atoms with E-state index in [1.807, 2.05) is 48.4 Å². The highest BCUT2D eigenvalue weighted by Gasteiger charge is 2.07. The smallest absolute Gasteiger partial charge is 0.221 e. The van der Waals surface area contributed by atoms with Crippen LogP contribution in [0.1, 0.15) is 31.0 Å². The van der Waals surface area contributed by atoms with E-state index in [-0.39, 0.29) is 11.9 Å². The zero-order valence-corrected chi connectivity index (χ0v) is 15.4. The van der Waals surface area contributed by atoms with E-state index >= 15 is 0 Å². The predicted octanol–water partition coefficient (Wildman–Crippen LogP) is 3.90. The third-order valence-corrected chi connectivity index (χ3v) is 4.31. The Labute approximate surface area is 154 Å². The third-order valence-electron chi connectivity index (χ3n) is 4.31. The van der Waals surface area contributed by atoms with E-state index in [2.05, 4.69) is 46.9 Å². The van der Waals surface area contributed by atoms with Crippen LogP contribution in [0.25, 0.3) is 11.1 Å². The molecule has 26 heavy (non-hydrogen) atoms. The van der Waals surface area contributed by atoms with E-state index in [1.165, 1.54) is 23.6 Å². The first-order valence-corrected chi connectivity index (χ1v) is 8.70. The lowest BCUT2D eigenvalue weighted by Gasteiger charge is -2.15. The fraction of sp³-hybridized carbons (Fsp3) is 0.238. The van der Waals surface area contributed by atoms with E-state index in [0.29, 0.717) is 0 Å². The first-order chi connectivity index (χ1) is 12.5. The Balaban J connectivity index is 1.62. The van der Waals surface area contributed by atoms with Crippen LogP contribution in [0, 0.1) is 0 Å². The molecule has 0 unspecified atom stereocenters. The van der Waals surface area contributed by atoms with Gasteiger partial charge in [0.2, 0.25) is 5.91 Å². The van der Waals surface area contributed by atoms with Gasteiger partial charge in [-0.15, -0.1) is 0 Å². The zero-order chi connectivity index (χ0) is 18.5. The summed E-state index contributed by atoms with van der Waals surface area (Å²) in [7, 11) is 1.92. The van der Waals surface area contributed by atoms with Crippen molar-refractivity contribution >= 4 is 11.6 Å². The highest BCUT2D eigenvalue weighted by Crippen LogP contribution is 2.21. The molecule has 3 aromatic rings. The molecule has 0 aliphatic heterocycles. The van der Waals surface area contributed by atoms with Crippen LogP contribution in [-0.4, -0.2) is 15.7 Å². The number of nitrogens with one attached hydrogen (secondary N) is 2. The molecule has 1 aromatic heterocycles. The minimum Gasteiger partial charge on any atom is -0.326 e. The van der Waals surface area contributed by atoms with Gasteiger partial charge in [-0.2, -0.15) is 5.10 Å². The molecule has 1 atom stereocenters. The van der Waals surface area contributed by atoms with Crippen LogP contribution >= 0.6 is 0 Å². The number of carbonyl (C=O) groups is 1. The molecule has 0 saturated heterocycles. The van der Waals surface area contributed by atoms with Crippen molar-refractivity contribution < 1.29 is 4.79 Å². The van der Waals surface area contributed by atoms with E-state index in [9.17, 15) is 4.79 Å². The molecular formula is C21H24N4O. The van der Waals surface area contributed by atoms with Crippen LogP contribution in [-0.2, 0) is 18.4 Å². The third kappa shape index (κ3) is 4.58. The number of hydrogen-bond donors (Lipinski definition) is 2. The second-order valence-corrected chi connectivity index (χ2v) is 6.51. The lowest BCUT2D eigenvalue weighted by Crippen LogP contribution is -2.18. The summed E-state index contributed by atoms with van der Waals surface area (Å²) in [6, 6.07) is 16.6. The number of anilines is 1. The number of carbonyl (C=O) groups excluding carboxylic acids is 1. The van der Waals surface area contributed by atoms with Crippen molar-refractivity contribution in [2.75, 3.05) is 5.32 Å². The van der Waals surface area contributed by atoms with Crippen molar-refractivity contribution in [1.82, 2.24) is 15.1 Å². The van der Waals surface area contributed by atoms with Gasteiger partial charge in [-0.05, 0) is 41.8 Å². The van der Waals surface area contributed by atoms with Crippen LogP contribution in [0.3, 0.4) is 0 Å². The number of amides is 1. The number of hydrogen-bond acceptors (Lipinski definition) is 3. The maximum Gasteiger partial charge on any atom is 0.221 e. The quantitative estimate of drug-likeness (QED) is 0.710. The van der Waals surface area contributed by atoms with Crippen molar-refractivity contribution in [3.8, 4) is 11.1 Å². The second-order valence-electron chi connectivity index (χ2n) is 6.51. The number of aromatic nitrogens is 2. The number of nitrogens with zero attached hydrogens (tertiary/aromatic N) is 2. The van der Waals surface area contributed by atoms with Crippen molar-refractivity contribution in [2.24, 2.45) is 7.05 Å². The summed E-state index contributed by atoms with van der Waals surface area (Å²) in [5.41, 5.74) is 5.52. The van der Waals surface area contributed by atoms with Gasteiger partial charge in [0.05, 0.1) is 6.20 Å². The summed E-state index contributed by atoms with van der Waals surface area (Å²) in [5, 5.41) is 10.6. The van der Waals surface area contributed by atoms with Crippen LogP contribution in [0.4, 0.5) is 5.69 Å². The van der Waals surface area contributed by atoms with Crippen molar-refractivity contribution in [3.05, 3.63) is 72.1 Å². The van der Waals surface area contributed by atoms with Gasteiger partial charge in [0.25, 0.3) is 0 Å². The highest BCUT2D eigenvalue weighted by molar-refractivity contribution is 5.88. The van der Waals surface area contributed by atoms with Crippen molar-refractivity contribution in [3.63, 3.8) is 0 Å². The summed E-state index contributed by atoms with van der Waals surface area (Å²) >= 11 is 0. The Bertz CT molecular complexity index is 883. The maximum atomic E-state index is 11.1. The average molecular weight is 348 g/mol. The summed E-state index contributed by atoms with van der Waals surface area (Å²) in [5.74, 6) is -0.0579. The van der Waals surface area contributed by atoms with Gasteiger partial charge >= 0.3 is 0 Å². The molecule has 3 rings (SSSR count). The molecule has 134 valence electrons. The van der Waals surface area contributed by atoms with Gasteiger partial charge in [0.1, 0.15) is 0 Å². The summed E-state index contributed by atoms with van der Waals surface area (Å²) in [4.78, 5) is 11.1. The largest absolute Gasteiger partial charge is 0.326 e. The normalized spacial score (nSPS) is 12.0. The molecule has 0 saturated carbocycles. The molecule has 5 nitrogen and oxygen atoms in total. The van der Waals surface area contributed by atoms with E-state index < -0.39 is 0 Å². The first kappa shape index (κ1) is 17.9. The topological polar surface area (TPSA) is 59.0 Å². The van der Waals surface area contributed by atoms with Crippen LogP contribution in [0.5, 0.6) is 0 Å². The molecule has 5 heteroatoms. The molecule has 0 bridgehead atoms. The predicted molar refractivity (Wildman–Crippen MR) is 105 cm³/mol. The van der Waals surface area contributed by atoms with Gasteiger partial charge in [0, 0.05) is 44.0 Å². The lowest BCUT2D eigenvalue weighted by atomic mass is 10.0. The molecule has 0 aliphatic carbocycles. The molecule has 0 aliphatic rings. The SMILES string of the molecule is CC(=O)Nc1ccc([C@H](C)NCc2cccc(-c3cnn(C)c3)c2)cc1. The van der Waals surface area contributed by atoms with Crippen molar-refractivity contribution in [2.45, 2.75) is 26.4 Å². The fourth-order valence-corrected chi connectivity index (χ4v) is 2.88. The van der Waals surface area contributed by atoms with E-state index in [0.717, 1.165) is 17.8 Å². The van der Waals surface area contributed by atoms with Gasteiger partial charge in [0.15, 0.2) is 0 Å². The van der Waals surface area contributed by atoms with Crippen LogP contribution in [0.15, 0.2) is 60.9 Å². The molecular weight excluding hydrogens is 324 g/mol. The van der Waals surface area contributed by atoms with Crippen LogP contribution in [0.2, 0.25) is 0 Å². The first-order valence-electron chi connectivity index (χ1n) is 8.70. The Morgan fingerprint density at radius 1 is 1.15 bits per heavy atom. The second kappa shape index (κ2) is 7.97. The molecule has 1 heterocycles. The Morgan fingerprint density at radius 3 is 2.58 bits per heavy atom. The summed E-state index contributed by atoms with van der Waals surface area (Å²) < 4.78 is 1.81. The molecule has 0 radical (unpaired) electrons. The van der Waals surface area contributed by atoms with Crippen LogP contribution < -0.4 is 10.6 Å². The monoisotopic (exact) mass is 348 g/mol.